The zero-order valence-corrected chi connectivity index (χ0v) is 32.4. The molecular weight excluding hydrogens is 618 g/mol. The minimum atomic E-state index is -0.876. The molecule has 1 N–H and O–H groups in total. The summed E-state index contributed by atoms with van der Waals surface area (Å²) in [7, 11) is 5.52. The van der Waals surface area contributed by atoms with E-state index >= 15 is 0 Å². The van der Waals surface area contributed by atoms with Crippen molar-refractivity contribution in [3.63, 3.8) is 0 Å². The van der Waals surface area contributed by atoms with Crippen LogP contribution in [-0.4, -0.2) is 80.6 Å². The molecule has 2 unspecified atom stereocenters. The number of carboxylic acid groups (broad SMARTS) is 1. The molecular formula is C41H76NO7+. The maximum absolute atomic E-state index is 12.6. The molecule has 0 spiro atoms. The third kappa shape index (κ3) is 31.5. The number of carboxylic acids is 1. The van der Waals surface area contributed by atoms with Crippen LogP contribution in [0.15, 0.2) is 24.3 Å². The molecule has 0 aromatic rings. The lowest BCUT2D eigenvalue weighted by Gasteiger charge is -2.31. The van der Waals surface area contributed by atoms with Crippen LogP contribution in [0.1, 0.15) is 168 Å². The average molecular weight is 695 g/mol. The van der Waals surface area contributed by atoms with Crippen LogP contribution in [0.25, 0.3) is 0 Å². The van der Waals surface area contributed by atoms with Gasteiger partial charge in [0, 0.05) is 19.3 Å². The van der Waals surface area contributed by atoms with E-state index in [1.165, 1.54) is 77.0 Å². The third-order valence-corrected chi connectivity index (χ3v) is 8.87. The molecule has 0 saturated heterocycles. The molecule has 0 aromatic heterocycles. The topological polar surface area (TPSA) is 99.1 Å². The van der Waals surface area contributed by atoms with Crippen LogP contribution in [0.4, 0.5) is 0 Å². The molecule has 8 heteroatoms. The maximum Gasteiger partial charge on any atom is 0.362 e. The molecule has 2 atom stereocenters. The number of unbranched alkanes of at least 4 members (excludes halogenated alkanes) is 17. The van der Waals surface area contributed by atoms with Crippen LogP contribution >= 0.6 is 0 Å². The van der Waals surface area contributed by atoms with Crippen LogP contribution in [-0.2, 0) is 28.6 Å². The van der Waals surface area contributed by atoms with Gasteiger partial charge in [-0.15, -0.1) is 0 Å². The number of quaternary nitrogens is 1. The van der Waals surface area contributed by atoms with Crippen molar-refractivity contribution in [1.29, 1.82) is 0 Å². The lowest BCUT2D eigenvalue weighted by atomic mass is 10.1. The number of aliphatic carboxylic acids is 1. The quantitative estimate of drug-likeness (QED) is 0.0305. The highest BCUT2D eigenvalue weighted by atomic mass is 16.6. The molecule has 0 aliphatic carbocycles. The maximum atomic E-state index is 12.6. The molecule has 0 amide bonds. The van der Waals surface area contributed by atoms with Crippen molar-refractivity contribution in [2.45, 2.75) is 180 Å². The molecule has 286 valence electrons. The van der Waals surface area contributed by atoms with Gasteiger partial charge in [-0.3, -0.25) is 9.59 Å². The predicted octanol–water partition coefficient (Wildman–Crippen LogP) is 10.1. The molecule has 8 nitrogen and oxygen atoms in total. The van der Waals surface area contributed by atoms with E-state index in [2.05, 4.69) is 38.2 Å². The highest BCUT2D eigenvalue weighted by Crippen LogP contribution is 2.14. The lowest BCUT2D eigenvalue weighted by Crippen LogP contribution is -2.50. The fourth-order valence-corrected chi connectivity index (χ4v) is 5.78. The smallest absolute Gasteiger partial charge is 0.362 e. The first kappa shape index (κ1) is 46.8. The van der Waals surface area contributed by atoms with Gasteiger partial charge in [0.1, 0.15) is 6.61 Å². The number of likely N-dealkylation sites (N-methyl/N-ethyl adjacent to an activating group) is 1. The number of ether oxygens (including phenoxy) is 3. The number of allylic oxidation sites excluding steroid dienone is 4. The summed E-state index contributed by atoms with van der Waals surface area (Å²) in [5.41, 5.74) is 0. The Labute approximate surface area is 301 Å². The largest absolute Gasteiger partial charge is 0.477 e. The summed E-state index contributed by atoms with van der Waals surface area (Å²) in [5, 5.41) is 9.58. The van der Waals surface area contributed by atoms with E-state index in [4.69, 9.17) is 14.2 Å². The van der Waals surface area contributed by atoms with Gasteiger partial charge in [-0.25, -0.2) is 4.79 Å². The Morgan fingerprint density at radius 3 is 1.67 bits per heavy atom. The second kappa shape index (κ2) is 33.0. The molecule has 0 rings (SSSR count). The number of carbonyl (C=O) groups excluding carboxylic acids is 2. The second-order valence-electron chi connectivity index (χ2n) is 14.5. The summed E-state index contributed by atoms with van der Waals surface area (Å²) in [5.74, 6) is -1.47. The van der Waals surface area contributed by atoms with Crippen molar-refractivity contribution in [2.24, 2.45) is 0 Å². The molecule has 49 heavy (non-hydrogen) atoms. The van der Waals surface area contributed by atoms with Gasteiger partial charge in [0.25, 0.3) is 0 Å². The van der Waals surface area contributed by atoms with E-state index in [9.17, 15) is 19.5 Å². The van der Waals surface area contributed by atoms with E-state index in [0.717, 1.165) is 57.8 Å². The minimum Gasteiger partial charge on any atom is -0.477 e. The van der Waals surface area contributed by atoms with Crippen molar-refractivity contribution in [2.75, 3.05) is 41.0 Å². The third-order valence-electron chi connectivity index (χ3n) is 8.87. The normalized spacial score (nSPS) is 13.2. The summed E-state index contributed by atoms with van der Waals surface area (Å²) >= 11 is 0. The highest BCUT2D eigenvalue weighted by Gasteiger charge is 2.31. The standard InChI is InChI=1S/C41H75NO7/c1-6-8-10-12-14-16-18-19-20-22-23-25-27-29-31-39(43)48-36-37(35-47-34-33-38(41(45)46)42(3,4)5)49-40(44)32-30-28-26-24-21-17-15-13-11-9-7-2/h8,10,14,16,37-38H,6-7,9,11-13,15,17-36H2,1-5H3/p+1/b10-8+,16-14+. The summed E-state index contributed by atoms with van der Waals surface area (Å²) in [6.07, 6.45) is 33.6. The Balaban J connectivity index is 4.39. The van der Waals surface area contributed by atoms with Crippen LogP contribution in [0.3, 0.4) is 0 Å². The van der Waals surface area contributed by atoms with Gasteiger partial charge < -0.3 is 23.8 Å². The Hall–Kier alpha value is -2.19. The molecule has 0 radical (unpaired) electrons. The number of hydrogen-bond donors (Lipinski definition) is 1. The van der Waals surface area contributed by atoms with Crippen molar-refractivity contribution >= 4 is 17.9 Å². The van der Waals surface area contributed by atoms with Gasteiger partial charge in [-0.2, -0.15) is 0 Å². The Bertz CT molecular complexity index is 864. The van der Waals surface area contributed by atoms with E-state index in [1.54, 1.807) is 0 Å². The molecule has 0 bridgehead atoms. The fourth-order valence-electron chi connectivity index (χ4n) is 5.78. The van der Waals surface area contributed by atoms with Gasteiger partial charge in [-0.1, -0.05) is 134 Å². The van der Waals surface area contributed by atoms with Crippen molar-refractivity contribution in [1.82, 2.24) is 0 Å². The summed E-state index contributed by atoms with van der Waals surface area (Å²) in [6.45, 7) is 4.61. The molecule has 0 aliphatic rings. The van der Waals surface area contributed by atoms with Gasteiger partial charge in [0.15, 0.2) is 12.1 Å². The summed E-state index contributed by atoms with van der Waals surface area (Å²) in [6, 6.07) is -0.611. The zero-order valence-electron chi connectivity index (χ0n) is 32.4. The average Bonchev–Trinajstić information content (AvgIpc) is 3.05. The highest BCUT2D eigenvalue weighted by molar-refractivity contribution is 5.72. The summed E-state index contributed by atoms with van der Waals surface area (Å²) < 4.78 is 17.2. The van der Waals surface area contributed by atoms with Gasteiger partial charge >= 0.3 is 17.9 Å². The number of carbonyl (C=O) groups is 3. The van der Waals surface area contributed by atoms with Crippen LogP contribution < -0.4 is 0 Å². The van der Waals surface area contributed by atoms with Crippen molar-refractivity contribution in [3.05, 3.63) is 24.3 Å². The van der Waals surface area contributed by atoms with E-state index in [0.29, 0.717) is 19.3 Å². The molecule has 0 saturated carbocycles. The Kier molecular flexibility index (Phi) is 31.5. The van der Waals surface area contributed by atoms with Gasteiger partial charge in [0.05, 0.1) is 34.4 Å². The van der Waals surface area contributed by atoms with Crippen LogP contribution in [0, 0.1) is 0 Å². The minimum absolute atomic E-state index is 0.0517. The van der Waals surface area contributed by atoms with Crippen LogP contribution in [0.5, 0.6) is 0 Å². The van der Waals surface area contributed by atoms with Crippen molar-refractivity contribution in [3.8, 4) is 0 Å². The summed E-state index contributed by atoms with van der Waals surface area (Å²) in [4.78, 5) is 36.8. The van der Waals surface area contributed by atoms with Gasteiger partial charge in [0.2, 0.25) is 0 Å². The lowest BCUT2D eigenvalue weighted by molar-refractivity contribution is -0.887. The molecule has 0 fully saturated rings. The Morgan fingerprint density at radius 1 is 0.633 bits per heavy atom. The van der Waals surface area contributed by atoms with E-state index < -0.39 is 18.1 Å². The predicted molar refractivity (Wildman–Crippen MR) is 202 cm³/mol. The first-order chi connectivity index (χ1) is 23.6. The monoisotopic (exact) mass is 695 g/mol. The number of hydrogen-bond acceptors (Lipinski definition) is 6. The first-order valence-corrected chi connectivity index (χ1v) is 19.9. The van der Waals surface area contributed by atoms with E-state index in [-0.39, 0.29) is 36.2 Å². The van der Waals surface area contributed by atoms with Crippen LogP contribution in [0.2, 0.25) is 0 Å². The first-order valence-electron chi connectivity index (χ1n) is 19.9. The molecule has 0 aromatic carbocycles. The zero-order chi connectivity index (χ0) is 36.4. The van der Waals surface area contributed by atoms with Gasteiger partial charge in [-0.05, 0) is 38.5 Å². The number of rotatable bonds is 35. The molecule has 0 heterocycles. The number of nitrogens with zero attached hydrogens (tertiary/aromatic N) is 1. The number of esters is 2. The van der Waals surface area contributed by atoms with E-state index in [1.807, 2.05) is 21.1 Å². The fraction of sp³-hybridized carbons (Fsp3) is 0.829. The van der Waals surface area contributed by atoms with Crippen molar-refractivity contribution < 1.29 is 38.2 Å². The molecule has 0 aliphatic heterocycles. The second-order valence-corrected chi connectivity index (χ2v) is 14.5. The SMILES string of the molecule is CC/C=C/C/C=C/CCCCCCCCCC(=O)OCC(COCCC(C(=O)O)[N+](C)(C)C)OC(=O)CCCCCCCCCCCCC. The Morgan fingerprint density at radius 2 is 1.14 bits per heavy atom.